The lowest BCUT2D eigenvalue weighted by molar-refractivity contribution is -0.0758. The number of morpholine rings is 2. The van der Waals surface area contributed by atoms with Crippen LogP contribution in [0.5, 0.6) is 0 Å². The van der Waals surface area contributed by atoms with Crippen molar-refractivity contribution in [3.8, 4) is 0 Å². The van der Waals surface area contributed by atoms with E-state index >= 15 is 0 Å². The van der Waals surface area contributed by atoms with E-state index in [-0.39, 0.29) is 0 Å². The third kappa shape index (κ3) is 2.91. The molecule has 2 rings (SSSR count). The van der Waals surface area contributed by atoms with Crippen LogP contribution in [0, 0.1) is 0 Å². The highest BCUT2D eigenvalue weighted by molar-refractivity contribution is 4.83. The molecule has 4 nitrogen and oxygen atoms in total. The summed E-state index contributed by atoms with van der Waals surface area (Å²) in [4.78, 5) is 2.48. The van der Waals surface area contributed by atoms with Crippen LogP contribution in [-0.4, -0.2) is 62.5 Å². The monoisotopic (exact) mass is 214 g/mol. The number of hydrogen-bond donors (Lipinski definition) is 1. The van der Waals surface area contributed by atoms with Crippen LogP contribution in [0.15, 0.2) is 0 Å². The molecule has 2 heterocycles. The molecule has 88 valence electrons. The van der Waals surface area contributed by atoms with Gasteiger partial charge in [0.1, 0.15) is 0 Å². The molecule has 3 unspecified atom stereocenters. The molecule has 1 N–H and O–H groups in total. The topological polar surface area (TPSA) is 33.7 Å². The van der Waals surface area contributed by atoms with E-state index in [0.717, 1.165) is 39.4 Å². The Morgan fingerprint density at radius 3 is 2.87 bits per heavy atom. The molecule has 4 heteroatoms. The zero-order chi connectivity index (χ0) is 10.7. The zero-order valence-corrected chi connectivity index (χ0v) is 9.74. The van der Waals surface area contributed by atoms with Gasteiger partial charge in [0.15, 0.2) is 0 Å². The maximum absolute atomic E-state index is 5.78. The van der Waals surface area contributed by atoms with Crippen molar-refractivity contribution in [1.82, 2.24) is 10.2 Å². The standard InChI is InChI=1S/C11H22N2O2/c1-9-8-13(4-6-14-9)10(2)11-7-12-3-5-15-11/h9-12H,3-8H2,1-2H3. The molecule has 0 amide bonds. The van der Waals surface area contributed by atoms with Crippen LogP contribution < -0.4 is 5.32 Å². The van der Waals surface area contributed by atoms with Crippen LogP contribution in [0.4, 0.5) is 0 Å². The van der Waals surface area contributed by atoms with Gasteiger partial charge in [-0.05, 0) is 13.8 Å². The number of nitrogens with zero attached hydrogens (tertiary/aromatic N) is 1. The van der Waals surface area contributed by atoms with Gasteiger partial charge in [0.2, 0.25) is 0 Å². The summed E-state index contributed by atoms with van der Waals surface area (Å²) in [5, 5.41) is 3.38. The van der Waals surface area contributed by atoms with Gasteiger partial charge in [-0.25, -0.2) is 0 Å². The molecular weight excluding hydrogens is 192 g/mol. The molecule has 0 bridgehead atoms. The molecule has 0 spiro atoms. The Morgan fingerprint density at radius 1 is 1.33 bits per heavy atom. The second kappa shape index (κ2) is 5.25. The second-order valence-electron chi connectivity index (χ2n) is 4.53. The summed E-state index contributed by atoms with van der Waals surface area (Å²) in [6, 6.07) is 0.490. The van der Waals surface area contributed by atoms with E-state index in [1.54, 1.807) is 0 Å². The third-order valence-corrected chi connectivity index (χ3v) is 3.34. The van der Waals surface area contributed by atoms with Gasteiger partial charge in [0, 0.05) is 32.2 Å². The lowest BCUT2D eigenvalue weighted by atomic mass is 10.1. The third-order valence-electron chi connectivity index (χ3n) is 3.34. The Morgan fingerprint density at radius 2 is 2.20 bits per heavy atom. The molecule has 0 aliphatic carbocycles. The highest BCUT2D eigenvalue weighted by Crippen LogP contribution is 2.14. The fourth-order valence-corrected chi connectivity index (χ4v) is 2.35. The largest absolute Gasteiger partial charge is 0.376 e. The molecular formula is C11H22N2O2. The molecule has 0 saturated carbocycles. The van der Waals surface area contributed by atoms with Gasteiger partial charge in [-0.1, -0.05) is 0 Å². The summed E-state index contributed by atoms with van der Waals surface area (Å²) in [7, 11) is 0. The molecule has 0 radical (unpaired) electrons. The Balaban J connectivity index is 1.85. The van der Waals surface area contributed by atoms with Crippen molar-refractivity contribution in [3.63, 3.8) is 0 Å². The van der Waals surface area contributed by atoms with E-state index in [9.17, 15) is 0 Å². The Bertz CT molecular complexity index is 195. The van der Waals surface area contributed by atoms with Crippen LogP contribution in [0.2, 0.25) is 0 Å². The lowest BCUT2D eigenvalue weighted by Gasteiger charge is -2.40. The summed E-state index contributed by atoms with van der Waals surface area (Å²) < 4.78 is 11.3. The Hall–Kier alpha value is -0.160. The normalized spacial score (nSPS) is 36.4. The average molecular weight is 214 g/mol. The van der Waals surface area contributed by atoms with E-state index in [0.29, 0.717) is 18.2 Å². The van der Waals surface area contributed by atoms with Crippen molar-refractivity contribution < 1.29 is 9.47 Å². The van der Waals surface area contributed by atoms with Gasteiger partial charge in [-0.2, -0.15) is 0 Å². The van der Waals surface area contributed by atoms with Crippen LogP contribution in [0.25, 0.3) is 0 Å². The number of hydrogen-bond acceptors (Lipinski definition) is 4. The smallest absolute Gasteiger partial charge is 0.0852 e. The second-order valence-corrected chi connectivity index (χ2v) is 4.53. The fourth-order valence-electron chi connectivity index (χ4n) is 2.35. The van der Waals surface area contributed by atoms with Gasteiger partial charge in [0.25, 0.3) is 0 Å². The molecule has 15 heavy (non-hydrogen) atoms. The van der Waals surface area contributed by atoms with Gasteiger partial charge in [-0.3, -0.25) is 4.90 Å². The molecule has 0 aromatic heterocycles. The minimum absolute atomic E-state index is 0.337. The predicted octanol–water partition coefficient (Wildman–Crippen LogP) is 0.0840. The molecule has 0 aromatic rings. The molecule has 2 aliphatic heterocycles. The number of rotatable bonds is 2. The fraction of sp³-hybridized carbons (Fsp3) is 1.00. The predicted molar refractivity (Wildman–Crippen MR) is 59.1 cm³/mol. The highest BCUT2D eigenvalue weighted by atomic mass is 16.5. The Kier molecular flexibility index (Phi) is 3.97. The van der Waals surface area contributed by atoms with Crippen molar-refractivity contribution in [1.29, 1.82) is 0 Å². The minimum Gasteiger partial charge on any atom is -0.376 e. The molecule has 2 saturated heterocycles. The van der Waals surface area contributed by atoms with Gasteiger partial charge in [0.05, 0.1) is 25.4 Å². The van der Waals surface area contributed by atoms with E-state index in [1.807, 2.05) is 0 Å². The van der Waals surface area contributed by atoms with Crippen molar-refractivity contribution in [2.24, 2.45) is 0 Å². The SMILES string of the molecule is CC1CN(C(C)C2CNCCO2)CCO1. The van der Waals surface area contributed by atoms with Crippen molar-refractivity contribution in [2.45, 2.75) is 32.1 Å². The first-order valence-electron chi connectivity index (χ1n) is 5.95. The van der Waals surface area contributed by atoms with Crippen LogP contribution in [0.1, 0.15) is 13.8 Å². The van der Waals surface area contributed by atoms with Gasteiger partial charge in [-0.15, -0.1) is 0 Å². The first-order chi connectivity index (χ1) is 7.27. The van der Waals surface area contributed by atoms with E-state index in [4.69, 9.17) is 9.47 Å². The van der Waals surface area contributed by atoms with Crippen LogP contribution >= 0.6 is 0 Å². The number of nitrogens with one attached hydrogen (secondary N) is 1. The summed E-state index contributed by atoms with van der Waals surface area (Å²) in [6.07, 6.45) is 0.696. The summed E-state index contributed by atoms with van der Waals surface area (Å²) >= 11 is 0. The first kappa shape index (κ1) is 11.3. The van der Waals surface area contributed by atoms with Crippen molar-refractivity contribution >= 4 is 0 Å². The van der Waals surface area contributed by atoms with Crippen LogP contribution in [0.3, 0.4) is 0 Å². The summed E-state index contributed by atoms with van der Waals surface area (Å²) in [6.45, 7) is 10.1. The summed E-state index contributed by atoms with van der Waals surface area (Å²) in [5.41, 5.74) is 0. The van der Waals surface area contributed by atoms with Crippen molar-refractivity contribution in [2.75, 3.05) is 39.4 Å². The van der Waals surface area contributed by atoms with E-state index < -0.39 is 0 Å². The molecule has 2 fully saturated rings. The number of ether oxygens (including phenoxy) is 2. The quantitative estimate of drug-likeness (QED) is 0.706. The minimum atomic E-state index is 0.337. The van der Waals surface area contributed by atoms with Gasteiger partial charge < -0.3 is 14.8 Å². The van der Waals surface area contributed by atoms with Crippen molar-refractivity contribution in [3.05, 3.63) is 0 Å². The first-order valence-corrected chi connectivity index (χ1v) is 5.95. The maximum atomic E-state index is 5.78. The van der Waals surface area contributed by atoms with E-state index in [1.165, 1.54) is 0 Å². The highest BCUT2D eigenvalue weighted by Gasteiger charge is 2.28. The molecule has 2 aliphatic rings. The Labute approximate surface area is 91.9 Å². The maximum Gasteiger partial charge on any atom is 0.0852 e. The lowest BCUT2D eigenvalue weighted by Crippen LogP contribution is -2.55. The summed E-state index contributed by atoms with van der Waals surface area (Å²) in [5.74, 6) is 0. The molecule has 3 atom stereocenters. The van der Waals surface area contributed by atoms with Crippen LogP contribution in [-0.2, 0) is 9.47 Å². The van der Waals surface area contributed by atoms with Gasteiger partial charge >= 0.3 is 0 Å². The van der Waals surface area contributed by atoms with E-state index in [2.05, 4.69) is 24.1 Å². The average Bonchev–Trinajstić information content (AvgIpc) is 2.29. The molecule has 0 aromatic carbocycles. The zero-order valence-electron chi connectivity index (χ0n) is 9.74.